The molecule has 1 aromatic heterocycles. The predicted octanol–water partition coefficient (Wildman–Crippen LogP) is 6.11. The van der Waals surface area contributed by atoms with Gasteiger partial charge in [-0.15, -0.1) is 0 Å². The van der Waals surface area contributed by atoms with Crippen molar-refractivity contribution in [2.24, 2.45) is 0 Å². The highest BCUT2D eigenvalue weighted by atomic mass is 19.1. The van der Waals surface area contributed by atoms with Crippen LogP contribution >= 0.6 is 0 Å². The Balaban J connectivity index is 1.58. The Morgan fingerprint density at radius 2 is 1.79 bits per heavy atom. The van der Waals surface area contributed by atoms with Gasteiger partial charge in [0.1, 0.15) is 11.6 Å². The van der Waals surface area contributed by atoms with Gasteiger partial charge in [-0.3, -0.25) is 0 Å². The second kappa shape index (κ2) is 8.28. The van der Waals surface area contributed by atoms with Gasteiger partial charge in [-0.2, -0.15) is 0 Å². The minimum atomic E-state index is -0.362. The summed E-state index contributed by atoms with van der Waals surface area (Å²) in [7, 11) is 1.65. The third-order valence-corrected chi connectivity index (χ3v) is 6.25. The minimum absolute atomic E-state index is 0.184. The summed E-state index contributed by atoms with van der Waals surface area (Å²) in [6.07, 6.45) is 0.709. The van der Waals surface area contributed by atoms with Crippen LogP contribution in [-0.2, 0) is 6.42 Å². The first-order chi connectivity index (χ1) is 15.9. The molecule has 0 fully saturated rings. The summed E-state index contributed by atoms with van der Waals surface area (Å²) in [4.78, 5) is 18.8. The number of carbonyl (C=O) groups excluding carboxylic acids is 1. The summed E-state index contributed by atoms with van der Waals surface area (Å²) in [5, 5.41) is 4.15. The zero-order valence-electron chi connectivity index (χ0n) is 18.9. The molecule has 0 radical (unpaired) electrons. The van der Waals surface area contributed by atoms with E-state index in [1.807, 2.05) is 49.1 Å². The van der Waals surface area contributed by atoms with Gasteiger partial charge in [0.05, 0.1) is 13.2 Å². The zero-order valence-corrected chi connectivity index (χ0v) is 18.9. The topological polar surface area (TPSA) is 57.4 Å². The van der Waals surface area contributed by atoms with E-state index in [4.69, 9.17) is 4.74 Å². The van der Waals surface area contributed by atoms with Gasteiger partial charge in [0.15, 0.2) is 0 Å². The van der Waals surface area contributed by atoms with Crippen molar-refractivity contribution < 1.29 is 13.9 Å². The number of methoxy groups -OCH3 is 1. The quantitative estimate of drug-likeness (QED) is 0.401. The molecule has 1 atom stereocenters. The molecule has 6 heteroatoms. The van der Waals surface area contributed by atoms with Crippen LogP contribution in [0.2, 0.25) is 0 Å². The average Bonchev–Trinajstić information content (AvgIpc) is 3.16. The maximum absolute atomic E-state index is 13.7. The number of H-pyrrole nitrogens is 1. The molecular formula is C27H26FN3O2. The van der Waals surface area contributed by atoms with Crippen LogP contribution in [0.15, 0.2) is 60.7 Å². The van der Waals surface area contributed by atoms with Gasteiger partial charge in [-0.25, -0.2) is 9.18 Å². The van der Waals surface area contributed by atoms with Crippen molar-refractivity contribution >= 4 is 22.6 Å². The first-order valence-electron chi connectivity index (χ1n) is 11.0. The van der Waals surface area contributed by atoms with E-state index in [0.717, 1.165) is 50.3 Å². The predicted molar refractivity (Wildman–Crippen MR) is 128 cm³/mol. The number of hydrogen-bond donors (Lipinski definition) is 2. The van der Waals surface area contributed by atoms with Gasteiger partial charge in [0.25, 0.3) is 0 Å². The second-order valence-corrected chi connectivity index (χ2v) is 8.63. The van der Waals surface area contributed by atoms with Gasteiger partial charge in [-0.1, -0.05) is 18.2 Å². The smallest absolute Gasteiger partial charge is 0.322 e. The maximum atomic E-state index is 13.7. The first kappa shape index (κ1) is 21.1. The fourth-order valence-corrected chi connectivity index (χ4v) is 4.85. The molecular weight excluding hydrogens is 417 g/mol. The minimum Gasteiger partial charge on any atom is -0.497 e. The number of aromatic amines is 1. The number of halogens is 1. The largest absolute Gasteiger partial charge is 0.497 e. The highest BCUT2D eigenvalue weighted by Gasteiger charge is 2.34. The standard InChI is InChI=1S/C27H26FN3O2/c1-16-12-17(2)14-20(13-16)29-27(32)31-11-10-22-23-15-21(33-3)8-9-24(23)30-25(22)26(31)18-4-6-19(28)7-5-18/h4-9,12-15,26,30H,10-11H2,1-3H3,(H,29,32). The van der Waals surface area contributed by atoms with E-state index >= 15 is 0 Å². The van der Waals surface area contributed by atoms with E-state index in [9.17, 15) is 9.18 Å². The Kier molecular flexibility index (Phi) is 5.29. The van der Waals surface area contributed by atoms with Crippen LogP contribution in [-0.4, -0.2) is 29.6 Å². The number of amides is 2. The van der Waals surface area contributed by atoms with Crippen LogP contribution in [0.4, 0.5) is 14.9 Å². The highest BCUT2D eigenvalue weighted by Crippen LogP contribution is 2.39. The van der Waals surface area contributed by atoms with E-state index < -0.39 is 0 Å². The Morgan fingerprint density at radius 1 is 1.06 bits per heavy atom. The van der Waals surface area contributed by atoms with Gasteiger partial charge < -0.3 is 19.9 Å². The summed E-state index contributed by atoms with van der Waals surface area (Å²) < 4.78 is 19.1. The first-order valence-corrected chi connectivity index (χ1v) is 11.0. The third kappa shape index (κ3) is 3.93. The monoisotopic (exact) mass is 443 g/mol. The van der Waals surface area contributed by atoms with Gasteiger partial charge in [0, 0.05) is 28.8 Å². The Morgan fingerprint density at radius 3 is 2.48 bits per heavy atom. The van der Waals surface area contributed by atoms with Crippen molar-refractivity contribution in [1.82, 2.24) is 9.88 Å². The highest BCUT2D eigenvalue weighted by molar-refractivity contribution is 5.92. The molecule has 3 aromatic carbocycles. The summed E-state index contributed by atoms with van der Waals surface area (Å²) in [5.41, 5.74) is 6.90. The molecule has 0 bridgehead atoms. The lowest BCUT2D eigenvalue weighted by Gasteiger charge is -2.36. The second-order valence-electron chi connectivity index (χ2n) is 8.63. The van der Waals surface area contributed by atoms with Crippen LogP contribution < -0.4 is 10.1 Å². The van der Waals surface area contributed by atoms with Crippen molar-refractivity contribution in [2.45, 2.75) is 26.3 Å². The zero-order chi connectivity index (χ0) is 23.1. The van der Waals surface area contributed by atoms with Crippen LogP contribution in [0, 0.1) is 19.7 Å². The molecule has 2 N–H and O–H groups in total. The molecule has 5 nitrogen and oxygen atoms in total. The number of aryl methyl sites for hydroxylation is 2. The number of ether oxygens (including phenoxy) is 1. The lowest BCUT2D eigenvalue weighted by atomic mass is 9.92. The number of benzene rings is 3. The molecule has 1 aliphatic heterocycles. The number of carbonyl (C=O) groups is 1. The normalized spacial score (nSPS) is 15.4. The molecule has 0 spiro atoms. The maximum Gasteiger partial charge on any atom is 0.322 e. The number of fused-ring (bicyclic) bond motifs is 3. The number of urea groups is 1. The molecule has 5 rings (SSSR count). The van der Waals surface area contributed by atoms with Crippen molar-refractivity contribution in [2.75, 3.05) is 19.0 Å². The molecule has 0 saturated heterocycles. The van der Waals surface area contributed by atoms with Crippen molar-refractivity contribution in [3.8, 4) is 5.75 Å². The summed E-state index contributed by atoms with van der Waals surface area (Å²) in [6.45, 7) is 4.56. The van der Waals surface area contributed by atoms with E-state index in [1.165, 1.54) is 12.1 Å². The Bertz CT molecular complexity index is 1320. The average molecular weight is 444 g/mol. The van der Waals surface area contributed by atoms with Crippen molar-refractivity contribution in [3.05, 3.63) is 94.4 Å². The third-order valence-electron chi connectivity index (χ3n) is 6.25. The lowest BCUT2D eigenvalue weighted by Crippen LogP contribution is -2.43. The summed E-state index contributed by atoms with van der Waals surface area (Å²) in [6, 6.07) is 17.8. The Hall–Kier alpha value is -3.80. The summed E-state index contributed by atoms with van der Waals surface area (Å²) in [5.74, 6) is 0.486. The number of anilines is 1. The molecule has 33 heavy (non-hydrogen) atoms. The van der Waals surface area contributed by atoms with Crippen LogP contribution in [0.25, 0.3) is 10.9 Å². The fraction of sp³-hybridized carbons (Fsp3) is 0.222. The molecule has 1 unspecified atom stereocenters. The van der Waals surface area contributed by atoms with E-state index in [-0.39, 0.29) is 17.9 Å². The number of nitrogens with one attached hydrogen (secondary N) is 2. The number of hydrogen-bond acceptors (Lipinski definition) is 2. The molecule has 2 amide bonds. The molecule has 0 saturated carbocycles. The SMILES string of the molecule is COc1ccc2[nH]c3c(c2c1)CCN(C(=O)Nc1cc(C)cc(C)c1)C3c1ccc(F)cc1. The van der Waals surface area contributed by atoms with Crippen LogP contribution in [0.1, 0.15) is 34.0 Å². The van der Waals surface area contributed by atoms with E-state index in [1.54, 1.807) is 19.2 Å². The van der Waals surface area contributed by atoms with E-state index in [0.29, 0.717) is 13.0 Å². The van der Waals surface area contributed by atoms with E-state index in [2.05, 4.69) is 16.4 Å². The van der Waals surface area contributed by atoms with Gasteiger partial charge >= 0.3 is 6.03 Å². The van der Waals surface area contributed by atoms with Crippen LogP contribution in [0.3, 0.4) is 0 Å². The lowest BCUT2D eigenvalue weighted by molar-refractivity contribution is 0.193. The summed E-state index contributed by atoms with van der Waals surface area (Å²) >= 11 is 0. The number of aromatic nitrogens is 1. The molecule has 168 valence electrons. The molecule has 4 aromatic rings. The van der Waals surface area contributed by atoms with Crippen molar-refractivity contribution in [3.63, 3.8) is 0 Å². The molecule has 2 heterocycles. The van der Waals surface area contributed by atoms with Gasteiger partial charge in [0.2, 0.25) is 0 Å². The molecule has 0 aliphatic carbocycles. The number of nitrogens with zero attached hydrogens (tertiary/aromatic N) is 1. The van der Waals surface area contributed by atoms with Crippen LogP contribution in [0.5, 0.6) is 5.75 Å². The van der Waals surface area contributed by atoms with Gasteiger partial charge in [-0.05, 0) is 85.0 Å². The fourth-order valence-electron chi connectivity index (χ4n) is 4.85. The molecule has 1 aliphatic rings. The Labute approximate surface area is 192 Å². The number of rotatable bonds is 3. The van der Waals surface area contributed by atoms with Crippen molar-refractivity contribution in [1.29, 1.82) is 0 Å².